The van der Waals surface area contributed by atoms with Crippen molar-refractivity contribution in [1.82, 2.24) is 0 Å². The van der Waals surface area contributed by atoms with Crippen LogP contribution < -0.4 is 0 Å². The molecule has 2 unspecified atom stereocenters. The maximum atomic E-state index is 10.3. The minimum atomic E-state index is -0.941. The lowest BCUT2D eigenvalue weighted by Crippen LogP contribution is -2.13. The van der Waals surface area contributed by atoms with Crippen LogP contribution in [0.5, 0.6) is 0 Å². The van der Waals surface area contributed by atoms with Crippen molar-refractivity contribution in [2.45, 2.75) is 70.2 Å². The van der Waals surface area contributed by atoms with E-state index >= 15 is 0 Å². The van der Waals surface area contributed by atoms with Crippen molar-refractivity contribution < 1.29 is 19.7 Å². The lowest BCUT2D eigenvalue weighted by Gasteiger charge is -2.05. The van der Waals surface area contributed by atoms with Crippen LogP contribution in [0, 0.1) is 0 Å². The molecule has 2 N–H and O–H groups in total. The number of unbranched alkanes of at least 4 members (excludes halogenated alkanes) is 2. The molecule has 0 aliphatic carbocycles. The largest absolute Gasteiger partial charge is 0.481 e. The Morgan fingerprint density at radius 3 is 2.62 bits per heavy atom. The summed E-state index contributed by atoms with van der Waals surface area (Å²) in [6, 6.07) is 0. The van der Waals surface area contributed by atoms with Crippen LogP contribution in [-0.2, 0) is 9.53 Å². The molecule has 0 bridgehead atoms. The average Bonchev–Trinajstić information content (AvgIpc) is 2.93. The zero-order valence-corrected chi connectivity index (χ0v) is 9.89. The van der Waals surface area contributed by atoms with Gasteiger partial charge in [0.05, 0.1) is 24.7 Å². The minimum Gasteiger partial charge on any atom is -0.481 e. The number of epoxide rings is 1. The number of hydrogen-bond acceptors (Lipinski definition) is 3. The van der Waals surface area contributed by atoms with Gasteiger partial charge in [0.1, 0.15) is 0 Å². The first-order valence-electron chi connectivity index (χ1n) is 6.18. The lowest BCUT2D eigenvalue weighted by atomic mass is 10.1. The van der Waals surface area contributed by atoms with Crippen molar-refractivity contribution >= 4 is 5.97 Å². The van der Waals surface area contributed by atoms with Gasteiger partial charge in [0.25, 0.3) is 0 Å². The number of carbonyl (C=O) groups is 1. The Hall–Kier alpha value is -0.610. The van der Waals surface area contributed by atoms with Gasteiger partial charge in [0.2, 0.25) is 0 Å². The van der Waals surface area contributed by atoms with Crippen LogP contribution in [0.1, 0.15) is 51.9 Å². The highest BCUT2D eigenvalue weighted by Gasteiger charge is 2.37. The Balaban J connectivity index is 1.97. The fraction of sp³-hybridized carbons (Fsp3) is 0.917. The third-order valence-electron chi connectivity index (χ3n) is 2.97. The number of ether oxygens (including phenoxy) is 1. The van der Waals surface area contributed by atoms with Gasteiger partial charge in [-0.2, -0.15) is 0 Å². The molecule has 0 saturated carbocycles. The molecule has 0 aromatic rings. The topological polar surface area (TPSA) is 70.1 Å². The summed E-state index contributed by atoms with van der Waals surface area (Å²) in [5, 5.41) is 17.8. The molecular weight excluding hydrogens is 208 g/mol. The second kappa shape index (κ2) is 6.86. The average molecular weight is 230 g/mol. The molecule has 1 aliphatic rings. The molecule has 0 radical (unpaired) electrons. The van der Waals surface area contributed by atoms with Crippen molar-refractivity contribution in [2.24, 2.45) is 0 Å². The zero-order valence-electron chi connectivity index (χ0n) is 9.89. The second-order valence-electron chi connectivity index (χ2n) is 4.54. The molecule has 1 saturated heterocycles. The predicted octanol–water partition coefficient (Wildman–Crippen LogP) is 1.95. The van der Waals surface area contributed by atoms with Gasteiger partial charge in [-0.1, -0.05) is 26.2 Å². The number of hydrogen-bond donors (Lipinski definition) is 2. The number of aliphatic carboxylic acids is 1. The normalized spacial score (nSPS) is 25.4. The van der Waals surface area contributed by atoms with Gasteiger partial charge < -0.3 is 14.9 Å². The second-order valence-corrected chi connectivity index (χ2v) is 4.54. The summed E-state index contributed by atoms with van der Waals surface area (Å²) in [5.74, 6) is -0.941. The molecule has 1 rings (SSSR count). The van der Waals surface area contributed by atoms with E-state index in [2.05, 4.69) is 6.92 Å². The Labute approximate surface area is 96.6 Å². The Kier molecular flexibility index (Phi) is 5.77. The first-order chi connectivity index (χ1) is 7.63. The molecule has 0 aromatic carbocycles. The van der Waals surface area contributed by atoms with E-state index in [0.29, 0.717) is 12.5 Å². The number of carboxylic acids is 1. The van der Waals surface area contributed by atoms with Crippen LogP contribution in [0.3, 0.4) is 0 Å². The lowest BCUT2D eigenvalue weighted by molar-refractivity contribution is -0.139. The van der Waals surface area contributed by atoms with E-state index in [1.165, 1.54) is 19.3 Å². The first kappa shape index (κ1) is 13.5. The predicted molar refractivity (Wildman–Crippen MR) is 60.3 cm³/mol. The molecule has 4 nitrogen and oxygen atoms in total. The fourth-order valence-electron chi connectivity index (χ4n) is 1.94. The van der Waals surface area contributed by atoms with Gasteiger partial charge in [-0.15, -0.1) is 0 Å². The van der Waals surface area contributed by atoms with Crippen molar-refractivity contribution in [1.29, 1.82) is 0 Å². The molecule has 1 fully saturated rings. The van der Waals surface area contributed by atoms with Crippen LogP contribution >= 0.6 is 0 Å². The van der Waals surface area contributed by atoms with E-state index in [0.717, 1.165) is 12.8 Å². The highest BCUT2D eigenvalue weighted by molar-refractivity contribution is 5.67. The van der Waals surface area contributed by atoms with Gasteiger partial charge in [0, 0.05) is 0 Å². The minimum absolute atomic E-state index is 0.160. The molecule has 4 heteroatoms. The molecule has 1 heterocycles. The summed E-state index contributed by atoms with van der Waals surface area (Å²) >= 11 is 0. The maximum Gasteiger partial charge on any atom is 0.305 e. The van der Waals surface area contributed by atoms with Crippen LogP contribution in [0.4, 0.5) is 0 Å². The van der Waals surface area contributed by atoms with E-state index in [9.17, 15) is 9.90 Å². The van der Waals surface area contributed by atoms with E-state index in [1.807, 2.05) is 0 Å². The molecule has 1 aliphatic heterocycles. The van der Waals surface area contributed by atoms with Gasteiger partial charge in [-0.25, -0.2) is 0 Å². The monoisotopic (exact) mass is 230 g/mol. The Bertz CT molecular complexity index is 217. The molecule has 0 spiro atoms. The highest BCUT2D eigenvalue weighted by atomic mass is 16.6. The summed E-state index contributed by atoms with van der Waals surface area (Å²) in [4.78, 5) is 10.3. The van der Waals surface area contributed by atoms with E-state index in [-0.39, 0.29) is 12.5 Å². The van der Waals surface area contributed by atoms with Crippen LogP contribution in [0.15, 0.2) is 0 Å². The SMILES string of the molecule is CCCCCC1OC1CC[C@@H](O)CC(=O)O. The molecule has 0 amide bonds. The number of carboxylic acid groups (broad SMARTS) is 1. The number of aliphatic hydroxyl groups is 1. The van der Waals surface area contributed by atoms with E-state index < -0.39 is 12.1 Å². The quantitative estimate of drug-likeness (QED) is 0.469. The third-order valence-corrected chi connectivity index (χ3v) is 2.97. The van der Waals surface area contributed by atoms with Crippen molar-refractivity contribution in [3.8, 4) is 0 Å². The number of rotatable bonds is 9. The third kappa shape index (κ3) is 5.47. The van der Waals surface area contributed by atoms with E-state index in [1.54, 1.807) is 0 Å². The molecule has 0 aromatic heterocycles. The van der Waals surface area contributed by atoms with Crippen molar-refractivity contribution in [3.05, 3.63) is 0 Å². The van der Waals surface area contributed by atoms with Crippen LogP contribution in [0.2, 0.25) is 0 Å². The summed E-state index contributed by atoms with van der Waals surface area (Å²) in [6.07, 6.45) is 5.83. The summed E-state index contributed by atoms with van der Waals surface area (Å²) in [6.45, 7) is 2.17. The van der Waals surface area contributed by atoms with E-state index in [4.69, 9.17) is 9.84 Å². The summed E-state index contributed by atoms with van der Waals surface area (Å²) in [5.41, 5.74) is 0. The fourth-order valence-corrected chi connectivity index (χ4v) is 1.94. The van der Waals surface area contributed by atoms with Crippen LogP contribution in [-0.4, -0.2) is 34.5 Å². The standard InChI is InChI=1S/C12H22O4/c1-2-3-4-5-10-11(16-10)7-6-9(13)8-12(14)15/h9-11,13H,2-8H2,1H3,(H,14,15)/t9-,10?,11?/m1/s1. The summed E-state index contributed by atoms with van der Waals surface area (Å²) < 4.78 is 5.46. The summed E-state index contributed by atoms with van der Waals surface area (Å²) in [7, 11) is 0. The van der Waals surface area contributed by atoms with Gasteiger partial charge in [-0.05, 0) is 19.3 Å². The van der Waals surface area contributed by atoms with Gasteiger partial charge in [0.15, 0.2) is 0 Å². The first-order valence-corrected chi connectivity index (χ1v) is 6.18. The zero-order chi connectivity index (χ0) is 12.0. The number of aliphatic hydroxyl groups excluding tert-OH is 1. The Morgan fingerprint density at radius 1 is 1.31 bits per heavy atom. The highest BCUT2D eigenvalue weighted by Crippen LogP contribution is 2.31. The smallest absolute Gasteiger partial charge is 0.305 e. The molecular formula is C12H22O4. The molecule has 3 atom stereocenters. The molecule has 16 heavy (non-hydrogen) atoms. The molecule has 94 valence electrons. The van der Waals surface area contributed by atoms with Crippen molar-refractivity contribution in [3.63, 3.8) is 0 Å². The Morgan fingerprint density at radius 2 is 2.00 bits per heavy atom. The van der Waals surface area contributed by atoms with Gasteiger partial charge in [-0.3, -0.25) is 4.79 Å². The van der Waals surface area contributed by atoms with Gasteiger partial charge >= 0.3 is 5.97 Å². The van der Waals surface area contributed by atoms with Crippen LogP contribution in [0.25, 0.3) is 0 Å². The maximum absolute atomic E-state index is 10.3. The van der Waals surface area contributed by atoms with Crippen molar-refractivity contribution in [2.75, 3.05) is 0 Å².